The lowest BCUT2D eigenvalue weighted by Crippen LogP contribution is -2.11. The zero-order chi connectivity index (χ0) is 19.5. The van der Waals surface area contributed by atoms with Crippen molar-refractivity contribution in [3.63, 3.8) is 0 Å². The molecule has 0 N–H and O–H groups in total. The van der Waals surface area contributed by atoms with Gasteiger partial charge in [0.1, 0.15) is 5.75 Å². The van der Waals surface area contributed by atoms with E-state index in [9.17, 15) is 33.2 Å². The average Bonchev–Trinajstić information content (AvgIpc) is 2.59. The summed E-state index contributed by atoms with van der Waals surface area (Å²) in [4.78, 5) is 22.1. The van der Waals surface area contributed by atoms with E-state index in [0.29, 0.717) is 0 Å². The number of carbonyl (C=O) groups is 1. The Hall–Kier alpha value is -3.36. The number of benzene rings is 2. The van der Waals surface area contributed by atoms with Crippen LogP contribution in [0.2, 0.25) is 0 Å². The van der Waals surface area contributed by atoms with E-state index in [0.717, 1.165) is 49.6 Å². The highest BCUT2D eigenvalue weighted by Crippen LogP contribution is 2.35. The first-order chi connectivity index (χ1) is 12.1. The van der Waals surface area contributed by atoms with Gasteiger partial charge in [-0.25, -0.2) is 0 Å². The molecule has 0 unspecified atom stereocenters. The predicted octanol–water partition coefficient (Wildman–Crippen LogP) is 3.59. The lowest BCUT2D eigenvalue weighted by Gasteiger charge is -2.13. The SMILES string of the molecule is COc1cc(/C=C/C(=O)c2ccccc2C(F)(F)F)cc([N+](=O)[O-])c1[O-]. The lowest BCUT2D eigenvalue weighted by molar-refractivity contribution is -0.398. The van der Waals surface area contributed by atoms with Gasteiger partial charge in [0.05, 0.1) is 17.6 Å². The molecule has 0 aliphatic carbocycles. The van der Waals surface area contributed by atoms with Crippen molar-refractivity contribution in [3.05, 3.63) is 69.3 Å². The number of nitro groups is 1. The molecule has 0 aliphatic heterocycles. The second-order valence-corrected chi connectivity index (χ2v) is 5.07. The van der Waals surface area contributed by atoms with E-state index in [1.165, 1.54) is 6.07 Å². The molecular weight excluding hydrogens is 355 g/mol. The molecule has 0 saturated heterocycles. The van der Waals surface area contributed by atoms with Crippen molar-refractivity contribution >= 4 is 17.5 Å². The molecule has 2 aromatic carbocycles. The Balaban J connectivity index is 2.41. The Morgan fingerprint density at radius 3 is 2.46 bits per heavy atom. The van der Waals surface area contributed by atoms with Gasteiger partial charge in [-0.05, 0) is 23.8 Å². The van der Waals surface area contributed by atoms with Crippen molar-refractivity contribution in [1.82, 2.24) is 0 Å². The minimum atomic E-state index is -4.70. The fourth-order valence-corrected chi connectivity index (χ4v) is 2.20. The fraction of sp³-hybridized carbons (Fsp3) is 0.118. The van der Waals surface area contributed by atoms with Gasteiger partial charge in [0.2, 0.25) is 0 Å². The van der Waals surface area contributed by atoms with Crippen LogP contribution in [0.5, 0.6) is 11.5 Å². The van der Waals surface area contributed by atoms with Gasteiger partial charge in [-0.3, -0.25) is 14.9 Å². The molecule has 0 amide bonds. The van der Waals surface area contributed by atoms with Crippen LogP contribution in [0.4, 0.5) is 18.9 Å². The summed E-state index contributed by atoms with van der Waals surface area (Å²) >= 11 is 0. The first-order valence-corrected chi connectivity index (χ1v) is 7.07. The topological polar surface area (TPSA) is 92.5 Å². The molecule has 0 aliphatic rings. The van der Waals surface area contributed by atoms with Crippen molar-refractivity contribution in [1.29, 1.82) is 0 Å². The number of halogens is 3. The van der Waals surface area contributed by atoms with Crippen molar-refractivity contribution < 1.29 is 32.7 Å². The van der Waals surface area contributed by atoms with Gasteiger partial charge in [-0.2, -0.15) is 13.2 Å². The molecule has 26 heavy (non-hydrogen) atoms. The van der Waals surface area contributed by atoms with Crippen LogP contribution in [0.1, 0.15) is 21.5 Å². The summed E-state index contributed by atoms with van der Waals surface area (Å²) in [7, 11) is 1.14. The Labute approximate surface area is 145 Å². The summed E-state index contributed by atoms with van der Waals surface area (Å²) in [6, 6.07) is 6.31. The average molecular weight is 366 g/mol. The summed E-state index contributed by atoms with van der Waals surface area (Å²) in [5.74, 6) is -2.20. The summed E-state index contributed by atoms with van der Waals surface area (Å²) < 4.78 is 43.6. The number of hydrogen-bond acceptors (Lipinski definition) is 5. The Morgan fingerprint density at radius 1 is 1.23 bits per heavy atom. The number of methoxy groups -OCH3 is 1. The largest absolute Gasteiger partial charge is 0.865 e. The van der Waals surface area contributed by atoms with Gasteiger partial charge < -0.3 is 9.84 Å². The van der Waals surface area contributed by atoms with Gasteiger partial charge in [0.25, 0.3) is 5.69 Å². The Bertz CT molecular complexity index is 890. The summed E-state index contributed by atoms with van der Waals surface area (Å²) in [6.07, 6.45) is -2.79. The number of nitro benzene ring substituents is 1. The zero-order valence-corrected chi connectivity index (χ0v) is 13.2. The third-order valence-corrected chi connectivity index (χ3v) is 3.40. The number of nitrogens with zero attached hydrogens (tertiary/aromatic N) is 1. The second-order valence-electron chi connectivity index (χ2n) is 5.07. The number of hydrogen-bond donors (Lipinski definition) is 0. The molecule has 9 heteroatoms. The molecular formula is C17H11F3NO5-. The third-order valence-electron chi connectivity index (χ3n) is 3.40. The van der Waals surface area contributed by atoms with Crippen LogP contribution in [0.3, 0.4) is 0 Å². The van der Waals surface area contributed by atoms with E-state index >= 15 is 0 Å². The molecule has 0 bridgehead atoms. The number of carbonyl (C=O) groups excluding carboxylic acids is 1. The van der Waals surface area contributed by atoms with Crippen LogP contribution in [0.15, 0.2) is 42.5 Å². The monoisotopic (exact) mass is 366 g/mol. The smallest absolute Gasteiger partial charge is 0.417 e. The molecule has 6 nitrogen and oxygen atoms in total. The minimum Gasteiger partial charge on any atom is -0.865 e. The van der Waals surface area contributed by atoms with Crippen molar-refractivity contribution in [2.24, 2.45) is 0 Å². The number of allylic oxidation sites excluding steroid dienone is 1. The molecule has 2 aromatic rings. The van der Waals surface area contributed by atoms with Crippen LogP contribution in [-0.4, -0.2) is 17.8 Å². The summed E-state index contributed by atoms with van der Waals surface area (Å²) in [6.45, 7) is 0. The number of rotatable bonds is 5. The van der Waals surface area contributed by atoms with Crippen molar-refractivity contribution in [3.8, 4) is 11.5 Å². The standard InChI is InChI=1S/C17H12F3NO5/c1-26-15-9-10(8-13(16(15)23)21(24)25)6-7-14(22)11-4-2-3-5-12(11)17(18,19)20/h2-9,23H,1H3/p-1/b7-6+. The maximum absolute atomic E-state index is 13.0. The van der Waals surface area contributed by atoms with E-state index in [4.69, 9.17) is 4.74 Å². The highest BCUT2D eigenvalue weighted by atomic mass is 19.4. The molecule has 136 valence electrons. The predicted molar refractivity (Wildman–Crippen MR) is 83.9 cm³/mol. The van der Waals surface area contributed by atoms with E-state index in [1.807, 2.05) is 0 Å². The van der Waals surface area contributed by atoms with Crippen LogP contribution in [0, 0.1) is 10.1 Å². The van der Waals surface area contributed by atoms with E-state index < -0.39 is 39.4 Å². The number of ether oxygens (including phenoxy) is 1. The maximum Gasteiger partial charge on any atom is 0.417 e. The Kier molecular flexibility index (Phi) is 5.30. The van der Waals surface area contributed by atoms with Gasteiger partial charge in [0.15, 0.2) is 5.78 Å². The first kappa shape index (κ1) is 19.0. The highest BCUT2D eigenvalue weighted by Gasteiger charge is 2.34. The normalized spacial score (nSPS) is 11.5. The molecule has 2 rings (SSSR count). The molecule has 0 atom stereocenters. The Morgan fingerprint density at radius 2 is 1.88 bits per heavy atom. The molecule has 0 saturated carbocycles. The summed E-state index contributed by atoms with van der Waals surface area (Å²) in [5.41, 5.74) is -2.36. The molecule has 0 spiro atoms. The minimum absolute atomic E-state index is 0.0611. The van der Waals surface area contributed by atoms with Crippen LogP contribution < -0.4 is 9.84 Å². The van der Waals surface area contributed by atoms with Crippen molar-refractivity contribution in [2.45, 2.75) is 6.18 Å². The highest BCUT2D eigenvalue weighted by molar-refractivity contribution is 6.08. The van der Waals surface area contributed by atoms with Crippen molar-refractivity contribution in [2.75, 3.05) is 7.11 Å². The number of ketones is 1. The van der Waals surface area contributed by atoms with E-state index in [-0.39, 0.29) is 11.3 Å². The maximum atomic E-state index is 13.0. The quantitative estimate of drug-likeness (QED) is 0.349. The molecule has 0 aromatic heterocycles. The third kappa shape index (κ3) is 4.00. The van der Waals surface area contributed by atoms with E-state index in [1.54, 1.807) is 0 Å². The van der Waals surface area contributed by atoms with Gasteiger partial charge >= 0.3 is 6.18 Å². The van der Waals surface area contributed by atoms with Gasteiger partial charge in [0, 0.05) is 17.4 Å². The van der Waals surface area contributed by atoms with Gasteiger partial charge in [-0.1, -0.05) is 24.3 Å². The van der Waals surface area contributed by atoms with Crippen LogP contribution in [-0.2, 0) is 6.18 Å². The number of alkyl halides is 3. The summed E-state index contributed by atoms with van der Waals surface area (Å²) in [5, 5.41) is 22.6. The van der Waals surface area contributed by atoms with E-state index in [2.05, 4.69) is 0 Å². The molecule has 0 heterocycles. The molecule has 0 fully saturated rings. The zero-order valence-electron chi connectivity index (χ0n) is 13.2. The second kappa shape index (κ2) is 7.26. The molecule has 0 radical (unpaired) electrons. The van der Waals surface area contributed by atoms with Crippen LogP contribution in [0.25, 0.3) is 6.08 Å². The fourth-order valence-electron chi connectivity index (χ4n) is 2.20. The lowest BCUT2D eigenvalue weighted by atomic mass is 10.0. The van der Waals surface area contributed by atoms with Crippen LogP contribution >= 0.6 is 0 Å². The first-order valence-electron chi connectivity index (χ1n) is 7.07. The van der Waals surface area contributed by atoms with Gasteiger partial charge in [-0.15, -0.1) is 0 Å².